The highest BCUT2D eigenvalue weighted by Crippen LogP contribution is 2.21. The van der Waals surface area contributed by atoms with Crippen LogP contribution >= 0.6 is 15.9 Å². The summed E-state index contributed by atoms with van der Waals surface area (Å²) in [6, 6.07) is 12.6. The Morgan fingerprint density at radius 1 is 1.00 bits per heavy atom. The van der Waals surface area contributed by atoms with Crippen LogP contribution in [0.4, 0.5) is 0 Å². The van der Waals surface area contributed by atoms with E-state index >= 15 is 0 Å². The summed E-state index contributed by atoms with van der Waals surface area (Å²) in [4.78, 5) is 23.6. The number of carbonyl (C=O) groups excluding carboxylic acids is 2. The molecule has 0 bridgehead atoms. The molecule has 23 heavy (non-hydrogen) atoms. The Bertz CT molecular complexity index is 694. The Morgan fingerprint density at radius 3 is 2.22 bits per heavy atom. The van der Waals surface area contributed by atoms with Gasteiger partial charge in [0, 0.05) is 10.0 Å². The molecule has 0 saturated heterocycles. The minimum Gasteiger partial charge on any atom is -0.483 e. The summed E-state index contributed by atoms with van der Waals surface area (Å²) < 4.78 is 6.39. The van der Waals surface area contributed by atoms with Crippen molar-refractivity contribution in [3.63, 3.8) is 0 Å². The van der Waals surface area contributed by atoms with Crippen LogP contribution in [0.25, 0.3) is 0 Å². The van der Waals surface area contributed by atoms with Crippen LogP contribution < -0.4 is 15.6 Å². The van der Waals surface area contributed by atoms with Crippen molar-refractivity contribution in [3.8, 4) is 5.75 Å². The molecule has 0 aliphatic rings. The Kier molecular flexibility index (Phi) is 5.76. The lowest BCUT2D eigenvalue weighted by molar-refractivity contribution is -0.123. The third-order valence-electron chi connectivity index (χ3n) is 3.18. The summed E-state index contributed by atoms with van der Waals surface area (Å²) in [6.07, 6.45) is 0. The van der Waals surface area contributed by atoms with E-state index in [2.05, 4.69) is 26.8 Å². The molecule has 0 radical (unpaired) electrons. The van der Waals surface area contributed by atoms with Crippen molar-refractivity contribution in [2.45, 2.75) is 13.8 Å². The van der Waals surface area contributed by atoms with Gasteiger partial charge in [0.25, 0.3) is 11.8 Å². The maximum atomic E-state index is 11.9. The van der Waals surface area contributed by atoms with E-state index in [0.29, 0.717) is 11.3 Å². The van der Waals surface area contributed by atoms with E-state index in [4.69, 9.17) is 4.74 Å². The van der Waals surface area contributed by atoms with Crippen molar-refractivity contribution in [1.29, 1.82) is 0 Å². The molecule has 2 N–H and O–H groups in total. The fourth-order valence-corrected chi connectivity index (χ4v) is 2.26. The van der Waals surface area contributed by atoms with Gasteiger partial charge in [-0.25, -0.2) is 0 Å². The highest BCUT2D eigenvalue weighted by Gasteiger charge is 2.09. The fourth-order valence-electron chi connectivity index (χ4n) is 2.00. The van der Waals surface area contributed by atoms with E-state index in [1.165, 1.54) is 0 Å². The quantitative estimate of drug-likeness (QED) is 0.806. The summed E-state index contributed by atoms with van der Waals surface area (Å²) in [6.45, 7) is 3.65. The van der Waals surface area contributed by atoms with Crippen LogP contribution in [0.1, 0.15) is 21.5 Å². The van der Waals surface area contributed by atoms with Gasteiger partial charge in [-0.15, -0.1) is 0 Å². The SMILES string of the molecule is Cc1cccc(C)c1OCC(=O)NNC(=O)c1ccc(Br)cc1. The molecule has 0 spiro atoms. The molecule has 5 nitrogen and oxygen atoms in total. The minimum absolute atomic E-state index is 0.174. The van der Waals surface area contributed by atoms with Gasteiger partial charge in [0.15, 0.2) is 6.61 Å². The molecule has 2 rings (SSSR count). The summed E-state index contributed by atoms with van der Waals surface area (Å²) >= 11 is 3.29. The first-order valence-electron chi connectivity index (χ1n) is 7.01. The Balaban J connectivity index is 1.83. The zero-order valence-corrected chi connectivity index (χ0v) is 14.4. The molecule has 0 heterocycles. The van der Waals surface area contributed by atoms with Gasteiger partial charge in [0.05, 0.1) is 0 Å². The largest absolute Gasteiger partial charge is 0.483 e. The van der Waals surface area contributed by atoms with Crippen LogP contribution in [-0.4, -0.2) is 18.4 Å². The molecule has 0 aliphatic heterocycles. The van der Waals surface area contributed by atoms with Gasteiger partial charge in [0.1, 0.15) is 5.75 Å². The molecule has 2 aromatic carbocycles. The van der Waals surface area contributed by atoms with Crippen LogP contribution in [-0.2, 0) is 4.79 Å². The monoisotopic (exact) mass is 376 g/mol. The molecule has 120 valence electrons. The highest BCUT2D eigenvalue weighted by atomic mass is 79.9. The molecule has 0 aliphatic carbocycles. The molecule has 0 fully saturated rings. The second-order valence-corrected chi connectivity index (χ2v) is 5.93. The number of para-hydroxylation sites is 1. The minimum atomic E-state index is -0.432. The number of hydrogen-bond acceptors (Lipinski definition) is 3. The fraction of sp³-hybridized carbons (Fsp3) is 0.176. The Morgan fingerprint density at radius 2 is 1.61 bits per heavy atom. The number of nitrogens with one attached hydrogen (secondary N) is 2. The van der Waals surface area contributed by atoms with Gasteiger partial charge in [0.2, 0.25) is 0 Å². The zero-order valence-electron chi connectivity index (χ0n) is 12.9. The van der Waals surface area contributed by atoms with E-state index in [1.807, 2.05) is 32.0 Å². The molecule has 0 unspecified atom stereocenters. The van der Waals surface area contributed by atoms with Crippen LogP contribution in [0.3, 0.4) is 0 Å². The number of amides is 2. The van der Waals surface area contributed by atoms with Crippen LogP contribution in [0.5, 0.6) is 5.75 Å². The van der Waals surface area contributed by atoms with Gasteiger partial charge >= 0.3 is 0 Å². The number of rotatable bonds is 4. The molecule has 0 saturated carbocycles. The van der Waals surface area contributed by atoms with Crippen molar-refractivity contribution in [2.24, 2.45) is 0 Å². The maximum Gasteiger partial charge on any atom is 0.276 e. The number of benzene rings is 2. The number of ether oxygens (including phenoxy) is 1. The Hall–Kier alpha value is -2.34. The van der Waals surface area contributed by atoms with E-state index in [0.717, 1.165) is 15.6 Å². The summed E-state index contributed by atoms with van der Waals surface area (Å²) in [5.41, 5.74) is 7.04. The van der Waals surface area contributed by atoms with E-state index < -0.39 is 11.8 Å². The second kappa shape index (κ2) is 7.78. The van der Waals surface area contributed by atoms with E-state index in [9.17, 15) is 9.59 Å². The molecular weight excluding hydrogens is 360 g/mol. The molecule has 6 heteroatoms. The topological polar surface area (TPSA) is 67.4 Å². The molecule has 0 aromatic heterocycles. The van der Waals surface area contributed by atoms with Crippen LogP contribution in [0, 0.1) is 13.8 Å². The number of aryl methyl sites for hydroxylation is 2. The number of hydrogen-bond donors (Lipinski definition) is 2. The average molecular weight is 377 g/mol. The van der Waals surface area contributed by atoms with Crippen molar-refractivity contribution in [3.05, 3.63) is 63.6 Å². The summed E-state index contributed by atoms with van der Waals surface area (Å²) in [7, 11) is 0. The predicted molar refractivity (Wildman–Crippen MR) is 91.2 cm³/mol. The first kappa shape index (κ1) is 17.0. The van der Waals surface area contributed by atoms with E-state index in [1.54, 1.807) is 24.3 Å². The van der Waals surface area contributed by atoms with Gasteiger partial charge in [-0.1, -0.05) is 34.1 Å². The van der Waals surface area contributed by atoms with Crippen LogP contribution in [0.2, 0.25) is 0 Å². The van der Waals surface area contributed by atoms with Crippen molar-refractivity contribution < 1.29 is 14.3 Å². The first-order valence-corrected chi connectivity index (χ1v) is 7.80. The predicted octanol–water partition coefficient (Wildman–Crippen LogP) is 2.91. The van der Waals surface area contributed by atoms with Gasteiger partial charge in [-0.3, -0.25) is 20.4 Å². The van der Waals surface area contributed by atoms with Crippen molar-refractivity contribution >= 4 is 27.7 Å². The lowest BCUT2D eigenvalue weighted by Gasteiger charge is -2.12. The first-order chi connectivity index (χ1) is 11.0. The molecule has 0 atom stereocenters. The van der Waals surface area contributed by atoms with Crippen LogP contribution in [0.15, 0.2) is 46.9 Å². The number of carbonyl (C=O) groups is 2. The number of hydrazine groups is 1. The molecule has 2 amide bonds. The smallest absolute Gasteiger partial charge is 0.276 e. The molecule has 2 aromatic rings. The average Bonchev–Trinajstić information content (AvgIpc) is 2.53. The summed E-state index contributed by atoms with van der Waals surface area (Å²) in [5.74, 6) is -0.141. The lowest BCUT2D eigenvalue weighted by Crippen LogP contribution is -2.43. The van der Waals surface area contributed by atoms with E-state index in [-0.39, 0.29) is 6.61 Å². The normalized spacial score (nSPS) is 10.0. The van der Waals surface area contributed by atoms with Gasteiger partial charge in [-0.05, 0) is 49.2 Å². The van der Waals surface area contributed by atoms with Crippen molar-refractivity contribution in [2.75, 3.05) is 6.61 Å². The highest BCUT2D eigenvalue weighted by molar-refractivity contribution is 9.10. The second-order valence-electron chi connectivity index (χ2n) is 5.02. The van der Waals surface area contributed by atoms with Gasteiger partial charge in [-0.2, -0.15) is 0 Å². The van der Waals surface area contributed by atoms with Gasteiger partial charge < -0.3 is 4.74 Å². The Labute approximate surface area is 143 Å². The maximum absolute atomic E-state index is 11.9. The summed E-state index contributed by atoms with van der Waals surface area (Å²) in [5, 5.41) is 0. The lowest BCUT2D eigenvalue weighted by atomic mass is 10.1. The number of halogens is 1. The van der Waals surface area contributed by atoms with Crippen molar-refractivity contribution in [1.82, 2.24) is 10.9 Å². The third kappa shape index (κ3) is 4.82. The third-order valence-corrected chi connectivity index (χ3v) is 3.71. The zero-order chi connectivity index (χ0) is 16.8. The standard InChI is InChI=1S/C17H17BrN2O3/c1-11-4-3-5-12(2)16(11)23-10-15(21)19-20-17(22)13-6-8-14(18)9-7-13/h3-9H,10H2,1-2H3,(H,19,21)(H,20,22). The molecular formula is C17H17BrN2O3.